The van der Waals surface area contributed by atoms with Gasteiger partial charge in [0.1, 0.15) is 0 Å². The number of anilines is 1. The van der Waals surface area contributed by atoms with E-state index in [2.05, 4.69) is 9.97 Å². The maximum absolute atomic E-state index is 11.2. The molecule has 2 heterocycles. The highest BCUT2D eigenvalue weighted by molar-refractivity contribution is 5.26. The fraction of sp³-hybridized carbons (Fsp3) is 0.100. The Morgan fingerprint density at radius 2 is 2.22 bits per heavy atom. The Balaban J connectivity index is 2.33. The van der Waals surface area contributed by atoms with Crippen LogP contribution in [-0.2, 0) is 6.54 Å². The van der Waals surface area contributed by atoms with Crippen LogP contribution in [0.3, 0.4) is 0 Å². The molecule has 0 bridgehead atoms. The van der Waals surface area contributed by atoms with Crippen LogP contribution >= 0.6 is 0 Å². The van der Waals surface area contributed by atoms with Crippen LogP contribution in [0.25, 0.3) is 0 Å². The number of nitrogens with two attached hydrogens (primary N) is 1. The van der Waals surface area contributed by atoms with Gasteiger partial charge < -0.3 is 10.3 Å². The number of pyridine rings is 1. The Hall–Kier alpha value is -2.77. The summed E-state index contributed by atoms with van der Waals surface area (Å²) in [5, 5.41) is 10.6. The van der Waals surface area contributed by atoms with E-state index < -0.39 is 16.0 Å². The molecule has 0 saturated carbocycles. The minimum atomic E-state index is -0.715. The van der Waals surface area contributed by atoms with Crippen LogP contribution in [-0.4, -0.2) is 19.5 Å². The van der Waals surface area contributed by atoms with Crippen molar-refractivity contribution in [3.05, 3.63) is 56.8 Å². The van der Waals surface area contributed by atoms with Gasteiger partial charge in [0.05, 0.1) is 23.4 Å². The SMILES string of the molecule is Nc1nccc(Cn2ccc(=O)c([N+](=O)[O-])c2)n1. The van der Waals surface area contributed by atoms with E-state index in [9.17, 15) is 14.9 Å². The third kappa shape index (κ3) is 2.48. The molecule has 92 valence electrons. The normalized spacial score (nSPS) is 10.2. The number of hydrogen-bond donors (Lipinski definition) is 1. The average Bonchev–Trinajstić information content (AvgIpc) is 2.31. The van der Waals surface area contributed by atoms with E-state index >= 15 is 0 Å². The largest absolute Gasteiger partial charge is 0.368 e. The zero-order valence-electron chi connectivity index (χ0n) is 9.18. The van der Waals surface area contributed by atoms with Crippen LogP contribution in [0.5, 0.6) is 0 Å². The first-order valence-corrected chi connectivity index (χ1v) is 4.98. The molecule has 0 fully saturated rings. The van der Waals surface area contributed by atoms with Crippen molar-refractivity contribution in [2.45, 2.75) is 6.54 Å². The lowest BCUT2D eigenvalue weighted by molar-refractivity contribution is -0.386. The number of hydrogen-bond acceptors (Lipinski definition) is 6. The van der Waals surface area contributed by atoms with Crippen molar-refractivity contribution in [2.24, 2.45) is 0 Å². The molecule has 18 heavy (non-hydrogen) atoms. The molecule has 8 nitrogen and oxygen atoms in total. The molecule has 0 aliphatic rings. The third-order valence-corrected chi connectivity index (χ3v) is 2.23. The maximum Gasteiger partial charge on any atom is 0.332 e. The Kier molecular flexibility index (Phi) is 3.00. The van der Waals surface area contributed by atoms with E-state index in [1.807, 2.05) is 0 Å². The van der Waals surface area contributed by atoms with Crippen LogP contribution in [0.2, 0.25) is 0 Å². The van der Waals surface area contributed by atoms with Crippen molar-refractivity contribution in [3.63, 3.8) is 0 Å². The molecule has 0 aliphatic heterocycles. The molecule has 0 unspecified atom stereocenters. The van der Waals surface area contributed by atoms with Crippen molar-refractivity contribution in [1.29, 1.82) is 0 Å². The molecule has 0 saturated heterocycles. The van der Waals surface area contributed by atoms with Gasteiger partial charge in [-0.25, -0.2) is 9.97 Å². The van der Waals surface area contributed by atoms with Crippen molar-refractivity contribution >= 4 is 11.6 Å². The Morgan fingerprint density at radius 3 is 2.89 bits per heavy atom. The van der Waals surface area contributed by atoms with Crippen LogP contribution < -0.4 is 11.2 Å². The monoisotopic (exact) mass is 247 g/mol. The second-order valence-corrected chi connectivity index (χ2v) is 3.53. The average molecular weight is 247 g/mol. The lowest BCUT2D eigenvalue weighted by Gasteiger charge is -2.05. The molecule has 0 spiro atoms. The van der Waals surface area contributed by atoms with Gasteiger partial charge in [-0.05, 0) is 6.07 Å². The van der Waals surface area contributed by atoms with E-state index in [1.54, 1.807) is 6.07 Å². The topological polar surface area (TPSA) is 117 Å². The molecule has 2 aromatic rings. The minimum Gasteiger partial charge on any atom is -0.368 e. The number of nitro groups is 1. The maximum atomic E-state index is 11.2. The zero-order valence-corrected chi connectivity index (χ0v) is 9.18. The number of aromatic nitrogens is 3. The number of nitrogen functional groups attached to an aromatic ring is 1. The van der Waals surface area contributed by atoms with E-state index in [1.165, 1.54) is 23.2 Å². The summed E-state index contributed by atoms with van der Waals surface area (Å²) in [5.41, 5.74) is 4.92. The highest BCUT2D eigenvalue weighted by Crippen LogP contribution is 2.05. The van der Waals surface area contributed by atoms with Crippen LogP contribution in [0, 0.1) is 10.1 Å². The van der Waals surface area contributed by atoms with E-state index in [4.69, 9.17) is 5.73 Å². The van der Waals surface area contributed by atoms with Gasteiger partial charge in [0.2, 0.25) is 5.95 Å². The zero-order chi connectivity index (χ0) is 13.1. The Morgan fingerprint density at radius 1 is 1.44 bits per heavy atom. The van der Waals surface area contributed by atoms with Gasteiger partial charge in [-0.1, -0.05) is 0 Å². The first-order chi connectivity index (χ1) is 8.56. The minimum absolute atomic E-state index is 0.128. The summed E-state index contributed by atoms with van der Waals surface area (Å²) < 4.78 is 1.49. The molecule has 2 rings (SSSR count). The van der Waals surface area contributed by atoms with E-state index in [0.29, 0.717) is 5.69 Å². The fourth-order valence-corrected chi connectivity index (χ4v) is 1.44. The smallest absolute Gasteiger partial charge is 0.332 e. The first kappa shape index (κ1) is 11.7. The van der Waals surface area contributed by atoms with Gasteiger partial charge in [0.25, 0.3) is 5.43 Å². The lowest BCUT2D eigenvalue weighted by Crippen LogP contribution is -2.12. The molecule has 0 amide bonds. The van der Waals surface area contributed by atoms with Gasteiger partial charge >= 0.3 is 5.69 Å². The molecule has 0 atom stereocenters. The fourth-order valence-electron chi connectivity index (χ4n) is 1.44. The van der Waals surface area contributed by atoms with Crippen molar-refractivity contribution in [3.8, 4) is 0 Å². The van der Waals surface area contributed by atoms with Gasteiger partial charge in [-0.2, -0.15) is 0 Å². The Labute approximate surface area is 101 Å². The molecule has 2 aromatic heterocycles. The third-order valence-electron chi connectivity index (χ3n) is 2.23. The van der Waals surface area contributed by atoms with Crippen LogP contribution in [0.4, 0.5) is 11.6 Å². The van der Waals surface area contributed by atoms with Gasteiger partial charge in [-0.15, -0.1) is 0 Å². The van der Waals surface area contributed by atoms with Gasteiger partial charge in [-0.3, -0.25) is 14.9 Å². The molecule has 0 aliphatic carbocycles. The Bertz CT molecular complexity index is 652. The summed E-state index contributed by atoms with van der Waals surface area (Å²) in [7, 11) is 0. The predicted octanol–water partition coefficient (Wildman–Crippen LogP) is 0.177. The van der Waals surface area contributed by atoms with Gasteiger partial charge in [0.15, 0.2) is 0 Å². The standard InChI is InChI=1S/C10H9N5O3/c11-10-12-3-1-7(13-10)5-14-4-2-9(16)8(6-14)15(17)18/h1-4,6H,5H2,(H2,11,12,13). The summed E-state index contributed by atoms with van der Waals surface area (Å²) >= 11 is 0. The van der Waals surface area contributed by atoms with Gasteiger partial charge in [0, 0.05) is 18.5 Å². The van der Waals surface area contributed by atoms with Crippen LogP contribution in [0.15, 0.2) is 35.5 Å². The lowest BCUT2D eigenvalue weighted by atomic mass is 10.3. The van der Waals surface area contributed by atoms with E-state index in [-0.39, 0.29) is 12.5 Å². The molecular formula is C10H9N5O3. The molecular weight excluding hydrogens is 238 g/mol. The highest BCUT2D eigenvalue weighted by Gasteiger charge is 2.11. The van der Waals surface area contributed by atoms with E-state index in [0.717, 1.165) is 6.07 Å². The van der Waals surface area contributed by atoms with Crippen LogP contribution in [0.1, 0.15) is 5.69 Å². The predicted molar refractivity (Wildman–Crippen MR) is 62.9 cm³/mol. The van der Waals surface area contributed by atoms with Crippen molar-refractivity contribution < 1.29 is 4.92 Å². The molecule has 2 N–H and O–H groups in total. The molecule has 0 aromatic carbocycles. The molecule has 8 heteroatoms. The van der Waals surface area contributed by atoms with Crippen molar-refractivity contribution in [2.75, 3.05) is 5.73 Å². The number of nitrogens with zero attached hydrogens (tertiary/aromatic N) is 4. The second kappa shape index (κ2) is 4.62. The highest BCUT2D eigenvalue weighted by atomic mass is 16.6. The second-order valence-electron chi connectivity index (χ2n) is 3.53. The summed E-state index contributed by atoms with van der Waals surface area (Å²) in [6.07, 6.45) is 4.11. The quantitative estimate of drug-likeness (QED) is 0.610. The summed E-state index contributed by atoms with van der Waals surface area (Å²) in [4.78, 5) is 28.8. The first-order valence-electron chi connectivity index (χ1n) is 4.98. The molecule has 0 radical (unpaired) electrons. The summed E-state index contributed by atoms with van der Waals surface area (Å²) in [5.74, 6) is 0.128. The summed E-state index contributed by atoms with van der Waals surface area (Å²) in [6.45, 7) is 0.272. The summed E-state index contributed by atoms with van der Waals surface area (Å²) in [6, 6.07) is 2.78. The number of rotatable bonds is 3. The van der Waals surface area contributed by atoms with Crippen molar-refractivity contribution in [1.82, 2.24) is 14.5 Å².